The van der Waals surface area contributed by atoms with Crippen molar-refractivity contribution in [2.24, 2.45) is 0 Å². The number of hydrogen-bond donors (Lipinski definition) is 0. The molecule has 0 unspecified atom stereocenters. The van der Waals surface area contributed by atoms with Gasteiger partial charge in [-0.15, -0.1) is 0 Å². The molecule has 0 atom stereocenters. The van der Waals surface area contributed by atoms with E-state index < -0.39 is 50.8 Å². The summed E-state index contributed by atoms with van der Waals surface area (Å²) in [5, 5.41) is -1.14. The molecule has 0 heterocycles. The van der Waals surface area contributed by atoms with E-state index in [0.717, 1.165) is 14.2 Å². The standard InChI is InChI=1S/C12H7F5O4S/c1-20-5(18)3-4(22-12(19)21-2)6-7(13)9(15)11(17)10(16)8(6)14/h3H,1-2H3/b4-3+. The predicted molar refractivity (Wildman–Crippen MR) is 66.2 cm³/mol. The van der Waals surface area contributed by atoms with E-state index in [1.165, 1.54) is 0 Å². The zero-order valence-electron chi connectivity index (χ0n) is 11.0. The summed E-state index contributed by atoms with van der Waals surface area (Å²) in [5.74, 6) is -12.3. The maximum absolute atomic E-state index is 13.7. The largest absolute Gasteiger partial charge is 0.466 e. The second kappa shape index (κ2) is 7.25. The summed E-state index contributed by atoms with van der Waals surface area (Å²) in [7, 11) is 1.83. The minimum atomic E-state index is -2.36. The Morgan fingerprint density at radius 2 is 1.32 bits per heavy atom. The van der Waals surface area contributed by atoms with Gasteiger partial charge in [-0.1, -0.05) is 0 Å². The first-order chi connectivity index (χ1) is 10.2. The lowest BCUT2D eigenvalue weighted by atomic mass is 10.1. The van der Waals surface area contributed by atoms with Crippen LogP contribution in [0.3, 0.4) is 0 Å². The van der Waals surface area contributed by atoms with Gasteiger partial charge in [-0.3, -0.25) is 0 Å². The van der Waals surface area contributed by atoms with Gasteiger partial charge in [0.15, 0.2) is 23.3 Å². The molecule has 1 aromatic rings. The van der Waals surface area contributed by atoms with E-state index in [1.54, 1.807) is 0 Å². The lowest BCUT2D eigenvalue weighted by Crippen LogP contribution is -2.08. The molecule has 0 bridgehead atoms. The number of carbonyl (C=O) groups excluding carboxylic acids is 2. The van der Waals surface area contributed by atoms with Crippen LogP contribution >= 0.6 is 11.8 Å². The monoisotopic (exact) mass is 342 g/mol. The maximum Gasteiger partial charge on any atom is 0.371 e. The van der Waals surface area contributed by atoms with Gasteiger partial charge in [0.2, 0.25) is 5.82 Å². The smallest absolute Gasteiger partial charge is 0.371 e. The molecule has 0 amide bonds. The second-order valence-corrected chi connectivity index (χ2v) is 4.51. The van der Waals surface area contributed by atoms with E-state index in [-0.39, 0.29) is 11.8 Å². The second-order valence-electron chi connectivity index (χ2n) is 3.53. The number of esters is 1. The Kier molecular flexibility index (Phi) is 5.92. The molecule has 0 saturated carbocycles. The number of methoxy groups -OCH3 is 2. The molecule has 1 aromatic carbocycles. The molecule has 0 aromatic heterocycles. The van der Waals surface area contributed by atoms with Crippen molar-refractivity contribution in [1.29, 1.82) is 0 Å². The lowest BCUT2D eigenvalue weighted by molar-refractivity contribution is -0.134. The molecule has 120 valence electrons. The van der Waals surface area contributed by atoms with Gasteiger partial charge in [-0.05, 0) is 11.8 Å². The summed E-state index contributed by atoms with van der Waals surface area (Å²) in [6.45, 7) is 0. The first-order valence-electron chi connectivity index (χ1n) is 5.31. The summed E-state index contributed by atoms with van der Waals surface area (Å²) in [6, 6.07) is 0. The van der Waals surface area contributed by atoms with Gasteiger partial charge >= 0.3 is 11.3 Å². The van der Waals surface area contributed by atoms with Crippen LogP contribution in [0.15, 0.2) is 6.08 Å². The van der Waals surface area contributed by atoms with Crippen molar-refractivity contribution in [3.8, 4) is 0 Å². The summed E-state index contributed by atoms with van der Waals surface area (Å²) in [4.78, 5) is 21.5. The Balaban J connectivity index is 3.59. The Morgan fingerprint density at radius 3 is 1.73 bits per heavy atom. The molecule has 0 saturated heterocycles. The van der Waals surface area contributed by atoms with Gasteiger partial charge in [0, 0.05) is 11.0 Å². The number of hydrogen-bond acceptors (Lipinski definition) is 5. The van der Waals surface area contributed by atoms with Crippen LogP contribution < -0.4 is 0 Å². The van der Waals surface area contributed by atoms with Crippen molar-refractivity contribution in [3.05, 3.63) is 40.7 Å². The summed E-state index contributed by atoms with van der Waals surface area (Å²) < 4.78 is 75.1. The van der Waals surface area contributed by atoms with Gasteiger partial charge < -0.3 is 9.47 Å². The van der Waals surface area contributed by atoms with Gasteiger partial charge in [0.1, 0.15) is 0 Å². The third kappa shape index (κ3) is 3.56. The lowest BCUT2D eigenvalue weighted by Gasteiger charge is -2.10. The van der Waals surface area contributed by atoms with E-state index in [4.69, 9.17) is 0 Å². The van der Waals surface area contributed by atoms with Gasteiger partial charge in [-0.25, -0.2) is 31.5 Å². The van der Waals surface area contributed by atoms with E-state index in [2.05, 4.69) is 9.47 Å². The quantitative estimate of drug-likeness (QED) is 0.277. The average Bonchev–Trinajstić information content (AvgIpc) is 2.50. The predicted octanol–water partition coefficient (Wildman–Crippen LogP) is 3.40. The Hall–Kier alpha value is -2.10. The Morgan fingerprint density at radius 1 is 0.864 bits per heavy atom. The topological polar surface area (TPSA) is 52.6 Å². The van der Waals surface area contributed by atoms with Gasteiger partial charge in [0.25, 0.3) is 0 Å². The van der Waals surface area contributed by atoms with E-state index in [1.807, 2.05) is 0 Å². The van der Waals surface area contributed by atoms with Crippen LogP contribution in [0, 0.1) is 29.1 Å². The van der Waals surface area contributed by atoms with Gasteiger partial charge in [0.05, 0.1) is 19.8 Å². The molecule has 0 aliphatic heterocycles. The van der Waals surface area contributed by atoms with Crippen molar-refractivity contribution in [2.75, 3.05) is 14.2 Å². The molecular weight excluding hydrogens is 335 g/mol. The minimum absolute atomic E-state index is 0.0435. The van der Waals surface area contributed by atoms with Gasteiger partial charge in [-0.2, -0.15) is 0 Å². The SMILES string of the molecule is COC(=O)/C=C(/SC(=O)OC)c1c(F)c(F)c(F)c(F)c1F. The van der Waals surface area contributed by atoms with Crippen LogP contribution in [-0.4, -0.2) is 25.5 Å². The molecule has 0 spiro atoms. The number of halogens is 5. The first-order valence-corrected chi connectivity index (χ1v) is 6.13. The molecule has 0 N–H and O–H groups in total. The van der Waals surface area contributed by atoms with Crippen LogP contribution in [0.1, 0.15) is 5.56 Å². The molecule has 4 nitrogen and oxygen atoms in total. The first kappa shape index (κ1) is 18.0. The van der Waals surface area contributed by atoms with Crippen molar-refractivity contribution in [1.82, 2.24) is 0 Å². The Labute approximate surface area is 124 Å². The summed E-state index contributed by atoms with van der Waals surface area (Å²) >= 11 is -0.0435. The molecule has 10 heteroatoms. The highest BCUT2D eigenvalue weighted by atomic mass is 32.2. The molecule has 0 radical (unpaired) electrons. The maximum atomic E-state index is 13.7. The van der Waals surface area contributed by atoms with E-state index >= 15 is 0 Å². The minimum Gasteiger partial charge on any atom is -0.466 e. The number of ether oxygens (including phenoxy) is 2. The van der Waals surface area contributed by atoms with E-state index in [0.29, 0.717) is 6.08 Å². The average molecular weight is 342 g/mol. The molecule has 22 heavy (non-hydrogen) atoms. The number of thioether (sulfide) groups is 1. The Bertz CT molecular complexity index is 630. The third-order valence-electron chi connectivity index (χ3n) is 2.27. The molecule has 0 aliphatic rings. The number of carbonyl (C=O) groups is 2. The van der Waals surface area contributed by atoms with Crippen LogP contribution in [0.25, 0.3) is 4.91 Å². The summed E-state index contributed by atoms with van der Waals surface area (Å²) in [6.07, 6.45) is 0.403. The van der Waals surface area contributed by atoms with Crippen molar-refractivity contribution >= 4 is 27.9 Å². The normalized spacial score (nSPS) is 11.3. The highest BCUT2D eigenvalue weighted by Gasteiger charge is 2.29. The van der Waals surface area contributed by atoms with E-state index in [9.17, 15) is 31.5 Å². The summed E-state index contributed by atoms with van der Waals surface area (Å²) in [5.41, 5.74) is -1.43. The van der Waals surface area contributed by atoms with Crippen LogP contribution in [0.5, 0.6) is 0 Å². The van der Waals surface area contributed by atoms with Crippen molar-refractivity contribution in [3.63, 3.8) is 0 Å². The number of rotatable bonds is 3. The van der Waals surface area contributed by atoms with Crippen molar-refractivity contribution in [2.45, 2.75) is 0 Å². The van der Waals surface area contributed by atoms with Crippen LogP contribution in [0.4, 0.5) is 26.7 Å². The molecule has 0 fully saturated rings. The fourth-order valence-corrected chi connectivity index (χ4v) is 1.97. The third-order valence-corrected chi connectivity index (χ3v) is 3.14. The molecule has 1 rings (SSSR count). The highest BCUT2D eigenvalue weighted by Crippen LogP contribution is 2.35. The number of benzene rings is 1. The van der Waals surface area contributed by atoms with Crippen LogP contribution in [0.2, 0.25) is 0 Å². The fourth-order valence-electron chi connectivity index (χ4n) is 1.27. The fraction of sp³-hybridized carbons (Fsp3) is 0.167. The van der Waals surface area contributed by atoms with Crippen LogP contribution in [-0.2, 0) is 14.3 Å². The van der Waals surface area contributed by atoms with Crippen molar-refractivity contribution < 1.29 is 41.0 Å². The molecular formula is C12H7F5O4S. The zero-order chi connectivity index (χ0) is 17.0. The molecule has 0 aliphatic carbocycles. The zero-order valence-corrected chi connectivity index (χ0v) is 11.8. The highest BCUT2D eigenvalue weighted by molar-refractivity contribution is 8.21.